The second kappa shape index (κ2) is 7.63. The monoisotopic (exact) mass is 382 g/mol. The predicted octanol–water partition coefficient (Wildman–Crippen LogP) is 2.62. The second-order valence-electron chi connectivity index (χ2n) is 6.47. The van der Waals surface area contributed by atoms with Crippen LogP contribution in [-0.4, -0.2) is 52.1 Å². The van der Waals surface area contributed by atoms with Gasteiger partial charge in [0.25, 0.3) is 5.91 Å². The fourth-order valence-electron chi connectivity index (χ4n) is 3.12. The highest BCUT2D eigenvalue weighted by molar-refractivity contribution is 5.93. The van der Waals surface area contributed by atoms with Crippen LogP contribution in [0.4, 0.5) is 21.7 Å². The van der Waals surface area contributed by atoms with E-state index in [4.69, 9.17) is 4.52 Å². The molecule has 0 radical (unpaired) electrons. The molecule has 0 aliphatic carbocycles. The van der Waals surface area contributed by atoms with Crippen molar-refractivity contribution in [1.82, 2.24) is 20.0 Å². The fraction of sp³-hybridized carbons (Fsp3) is 0.263. The normalized spacial score (nSPS) is 14.2. The Morgan fingerprint density at radius 1 is 1.11 bits per heavy atom. The first-order valence-corrected chi connectivity index (χ1v) is 8.91. The van der Waals surface area contributed by atoms with Crippen molar-refractivity contribution in [2.75, 3.05) is 36.4 Å². The maximum absolute atomic E-state index is 14.0. The summed E-state index contributed by atoms with van der Waals surface area (Å²) in [5, 5.41) is 6.82. The molecule has 8 nitrogen and oxygen atoms in total. The zero-order valence-corrected chi connectivity index (χ0v) is 15.3. The van der Waals surface area contributed by atoms with E-state index in [2.05, 4.69) is 20.4 Å². The van der Waals surface area contributed by atoms with Gasteiger partial charge in [0, 0.05) is 38.3 Å². The molecule has 1 aliphatic rings. The predicted molar refractivity (Wildman–Crippen MR) is 101 cm³/mol. The number of benzene rings is 1. The third kappa shape index (κ3) is 3.78. The van der Waals surface area contributed by atoms with E-state index < -0.39 is 0 Å². The number of halogens is 1. The molecule has 9 heteroatoms. The molecule has 1 amide bonds. The van der Waals surface area contributed by atoms with Crippen LogP contribution in [0.2, 0.25) is 0 Å². The summed E-state index contributed by atoms with van der Waals surface area (Å²) in [5.74, 6) is 1.19. The number of hydrogen-bond acceptors (Lipinski definition) is 7. The van der Waals surface area contributed by atoms with Crippen molar-refractivity contribution in [2.24, 2.45) is 0 Å². The van der Waals surface area contributed by atoms with Gasteiger partial charge in [0.05, 0.1) is 5.69 Å². The molecule has 4 rings (SSSR count). The third-order valence-electron chi connectivity index (χ3n) is 4.53. The molecule has 2 aromatic heterocycles. The number of nitrogens with one attached hydrogen (secondary N) is 1. The molecule has 1 fully saturated rings. The van der Waals surface area contributed by atoms with Crippen molar-refractivity contribution in [3.63, 3.8) is 0 Å². The first-order chi connectivity index (χ1) is 13.6. The number of anilines is 3. The van der Waals surface area contributed by atoms with Crippen molar-refractivity contribution in [3.05, 3.63) is 60.0 Å². The molecule has 1 N–H and O–H groups in total. The first-order valence-electron chi connectivity index (χ1n) is 8.91. The highest BCUT2D eigenvalue weighted by Crippen LogP contribution is 2.21. The number of amides is 1. The molecular weight excluding hydrogens is 363 g/mol. The molecular formula is C19H19FN6O2. The van der Waals surface area contributed by atoms with Crippen molar-refractivity contribution in [2.45, 2.75) is 6.92 Å². The van der Waals surface area contributed by atoms with Crippen LogP contribution in [0.25, 0.3) is 0 Å². The lowest BCUT2D eigenvalue weighted by molar-refractivity contribution is 0.0740. The molecule has 1 saturated heterocycles. The lowest BCUT2D eigenvalue weighted by Crippen LogP contribution is -2.49. The minimum Gasteiger partial charge on any atom is -0.366 e. The molecule has 28 heavy (non-hydrogen) atoms. The highest BCUT2D eigenvalue weighted by atomic mass is 19.1. The first kappa shape index (κ1) is 17.9. The summed E-state index contributed by atoms with van der Waals surface area (Å²) in [6, 6.07) is 9.97. The quantitative estimate of drug-likeness (QED) is 0.742. The van der Waals surface area contributed by atoms with E-state index >= 15 is 0 Å². The Kier molecular flexibility index (Phi) is 4.88. The minimum atomic E-state index is -0.253. The maximum atomic E-state index is 14.0. The molecule has 3 aromatic rings. The van der Waals surface area contributed by atoms with E-state index in [9.17, 15) is 9.18 Å². The number of aromatic nitrogens is 3. The van der Waals surface area contributed by atoms with Crippen molar-refractivity contribution >= 4 is 23.2 Å². The number of carbonyl (C=O) groups is 1. The van der Waals surface area contributed by atoms with E-state index in [1.165, 1.54) is 12.4 Å². The van der Waals surface area contributed by atoms with Crippen LogP contribution < -0.4 is 10.2 Å². The average Bonchev–Trinajstić information content (AvgIpc) is 3.13. The van der Waals surface area contributed by atoms with Crippen molar-refractivity contribution in [1.29, 1.82) is 0 Å². The highest BCUT2D eigenvalue weighted by Gasteiger charge is 2.24. The van der Waals surface area contributed by atoms with Crippen molar-refractivity contribution in [3.8, 4) is 0 Å². The Morgan fingerprint density at radius 3 is 2.61 bits per heavy atom. The molecule has 0 unspecified atom stereocenters. The van der Waals surface area contributed by atoms with E-state index in [1.807, 2.05) is 11.0 Å². The SMILES string of the molecule is Cc1cc(Nc2cc(C(=O)N3CCN(c4ccccc4F)CC3)ncn2)no1. The Bertz CT molecular complexity index is 984. The van der Waals surface area contributed by atoms with Gasteiger partial charge >= 0.3 is 0 Å². The van der Waals surface area contributed by atoms with Crippen LogP contribution >= 0.6 is 0 Å². The molecule has 1 aliphatic heterocycles. The smallest absolute Gasteiger partial charge is 0.272 e. The molecule has 3 heterocycles. The molecule has 0 atom stereocenters. The molecule has 144 valence electrons. The Balaban J connectivity index is 1.41. The van der Waals surface area contributed by atoms with E-state index in [0.717, 1.165) is 0 Å². The molecule has 1 aromatic carbocycles. The lowest BCUT2D eigenvalue weighted by Gasteiger charge is -2.36. The van der Waals surface area contributed by atoms with Gasteiger partial charge in [-0.3, -0.25) is 4.79 Å². The third-order valence-corrected chi connectivity index (χ3v) is 4.53. The van der Waals surface area contributed by atoms with Crippen LogP contribution in [0.15, 0.2) is 47.2 Å². The summed E-state index contributed by atoms with van der Waals surface area (Å²) in [5.41, 5.74) is 0.850. The van der Waals surface area contributed by atoms with E-state index in [-0.39, 0.29) is 17.4 Å². The Morgan fingerprint density at radius 2 is 1.89 bits per heavy atom. The summed E-state index contributed by atoms with van der Waals surface area (Å²) in [4.78, 5) is 24.7. The van der Waals surface area contributed by atoms with Crippen LogP contribution in [0.3, 0.4) is 0 Å². The van der Waals surface area contributed by atoms with E-state index in [0.29, 0.717) is 49.3 Å². The summed E-state index contributed by atoms with van der Waals surface area (Å²) >= 11 is 0. The van der Waals surface area contributed by atoms with Gasteiger partial charge < -0.3 is 19.6 Å². The van der Waals surface area contributed by atoms with Crippen LogP contribution in [0.5, 0.6) is 0 Å². The number of carbonyl (C=O) groups excluding carboxylic acids is 1. The standard InChI is InChI=1S/C19H19FN6O2/c1-13-10-18(24-28-13)23-17-11-15(21-12-22-17)19(27)26-8-6-25(7-9-26)16-5-3-2-4-14(16)20/h2-5,10-12H,6-9H2,1H3,(H,21,22,23,24). The largest absolute Gasteiger partial charge is 0.366 e. The summed E-state index contributed by atoms with van der Waals surface area (Å²) in [7, 11) is 0. The van der Waals surface area contributed by atoms with Gasteiger partial charge in [0.1, 0.15) is 29.4 Å². The zero-order chi connectivity index (χ0) is 19.5. The van der Waals surface area contributed by atoms with Crippen LogP contribution in [-0.2, 0) is 0 Å². The summed E-state index contributed by atoms with van der Waals surface area (Å²) < 4.78 is 19.0. The number of nitrogens with zero attached hydrogens (tertiary/aromatic N) is 5. The van der Waals surface area contributed by atoms with Crippen LogP contribution in [0, 0.1) is 12.7 Å². The lowest BCUT2D eigenvalue weighted by atomic mass is 10.2. The van der Waals surface area contributed by atoms with Gasteiger partial charge in [0.2, 0.25) is 0 Å². The molecule has 0 saturated carbocycles. The molecule has 0 bridgehead atoms. The summed E-state index contributed by atoms with van der Waals surface area (Å²) in [6.07, 6.45) is 1.33. The number of rotatable bonds is 4. The number of hydrogen-bond donors (Lipinski definition) is 1. The van der Waals surface area contributed by atoms with Crippen molar-refractivity contribution < 1.29 is 13.7 Å². The number of para-hydroxylation sites is 1. The fourth-order valence-corrected chi connectivity index (χ4v) is 3.12. The van der Waals surface area contributed by atoms with Gasteiger partial charge in [-0.05, 0) is 19.1 Å². The second-order valence-corrected chi connectivity index (χ2v) is 6.47. The summed E-state index contributed by atoms with van der Waals surface area (Å²) in [6.45, 7) is 3.88. The van der Waals surface area contributed by atoms with Gasteiger partial charge in [0.15, 0.2) is 5.82 Å². The van der Waals surface area contributed by atoms with E-state index in [1.54, 1.807) is 36.1 Å². The number of aryl methyl sites for hydroxylation is 1. The topological polar surface area (TPSA) is 87.4 Å². The van der Waals surface area contributed by atoms with Gasteiger partial charge in [-0.2, -0.15) is 0 Å². The van der Waals surface area contributed by atoms with Crippen LogP contribution in [0.1, 0.15) is 16.2 Å². The Hall–Kier alpha value is -3.49. The molecule has 0 spiro atoms. The maximum Gasteiger partial charge on any atom is 0.272 e. The van der Waals surface area contributed by atoms with Gasteiger partial charge in [-0.15, -0.1) is 0 Å². The Labute approximate surface area is 161 Å². The van der Waals surface area contributed by atoms with Gasteiger partial charge in [-0.25, -0.2) is 14.4 Å². The zero-order valence-electron chi connectivity index (χ0n) is 15.3. The minimum absolute atomic E-state index is 0.185. The van der Waals surface area contributed by atoms with Gasteiger partial charge in [-0.1, -0.05) is 17.3 Å². The average molecular weight is 382 g/mol. The number of piperazine rings is 1.